The number of rotatable bonds is 3. The van der Waals surface area contributed by atoms with Gasteiger partial charge in [0.1, 0.15) is 0 Å². The molecule has 0 amide bonds. The Balaban J connectivity index is 2.74. The average molecular weight is 184 g/mol. The second-order valence-electron chi connectivity index (χ2n) is 2.97. The fraction of sp³-hybridized carbons (Fsp3) is 0.500. The van der Waals surface area contributed by atoms with Crippen molar-refractivity contribution in [3.8, 4) is 0 Å². The monoisotopic (exact) mass is 184 g/mol. The summed E-state index contributed by atoms with van der Waals surface area (Å²) in [6.07, 6.45) is 0.471. The van der Waals surface area contributed by atoms with E-state index in [1.807, 2.05) is 0 Å². The Hall–Kier alpha value is -1.36. The maximum absolute atomic E-state index is 10.3. The average Bonchev–Trinajstić information content (AvgIpc) is 2.30. The molecule has 0 aromatic carbocycles. The summed E-state index contributed by atoms with van der Waals surface area (Å²) in [7, 11) is 1.75. The van der Waals surface area contributed by atoms with E-state index in [0.717, 1.165) is 11.3 Å². The Morgan fingerprint density at radius 1 is 1.77 bits per heavy atom. The van der Waals surface area contributed by atoms with Crippen molar-refractivity contribution in [3.63, 3.8) is 0 Å². The predicted molar refractivity (Wildman–Crippen MR) is 45.3 cm³/mol. The largest absolute Gasteiger partial charge is 0.479 e. The van der Waals surface area contributed by atoms with E-state index in [2.05, 4.69) is 5.10 Å². The van der Waals surface area contributed by atoms with Gasteiger partial charge in [-0.1, -0.05) is 0 Å². The minimum Gasteiger partial charge on any atom is -0.479 e. The molecule has 0 unspecified atom stereocenters. The Morgan fingerprint density at radius 3 is 2.77 bits per heavy atom. The van der Waals surface area contributed by atoms with Gasteiger partial charge in [-0.25, -0.2) is 4.79 Å². The summed E-state index contributed by atoms with van der Waals surface area (Å²) in [5.41, 5.74) is 1.51. The first-order valence-corrected chi connectivity index (χ1v) is 3.90. The van der Waals surface area contributed by atoms with Crippen molar-refractivity contribution in [2.75, 3.05) is 0 Å². The van der Waals surface area contributed by atoms with Gasteiger partial charge in [0.2, 0.25) is 0 Å². The summed E-state index contributed by atoms with van der Waals surface area (Å²) in [5.74, 6) is -1.21. The predicted octanol–water partition coefficient (Wildman–Crippen LogP) is -0.283. The van der Waals surface area contributed by atoms with Crippen molar-refractivity contribution in [1.29, 1.82) is 0 Å². The molecule has 0 aliphatic rings. The molecule has 0 saturated heterocycles. The van der Waals surface area contributed by atoms with Crippen molar-refractivity contribution < 1.29 is 15.0 Å². The highest BCUT2D eigenvalue weighted by Crippen LogP contribution is 2.07. The van der Waals surface area contributed by atoms with E-state index in [1.54, 1.807) is 24.9 Å². The molecule has 0 saturated carbocycles. The number of carbonyl (C=O) groups is 1. The Morgan fingerprint density at radius 2 is 2.38 bits per heavy atom. The molecule has 1 aromatic heterocycles. The number of carboxylic acid groups (broad SMARTS) is 1. The molecule has 1 heterocycles. The van der Waals surface area contributed by atoms with E-state index in [9.17, 15) is 4.79 Å². The summed E-state index contributed by atoms with van der Waals surface area (Å²) in [6.45, 7) is 1.78. The van der Waals surface area contributed by atoms with Crippen molar-refractivity contribution in [1.82, 2.24) is 9.78 Å². The van der Waals surface area contributed by atoms with Gasteiger partial charge in [-0.3, -0.25) is 4.68 Å². The molecule has 1 rings (SSSR count). The smallest absolute Gasteiger partial charge is 0.332 e. The highest BCUT2D eigenvalue weighted by molar-refractivity contribution is 5.72. The third kappa shape index (κ3) is 2.29. The van der Waals surface area contributed by atoms with E-state index in [1.165, 1.54) is 0 Å². The first kappa shape index (κ1) is 9.73. The van der Waals surface area contributed by atoms with Crippen LogP contribution >= 0.6 is 0 Å². The van der Waals surface area contributed by atoms with E-state index < -0.39 is 12.1 Å². The molecule has 0 aliphatic heterocycles. The fourth-order valence-electron chi connectivity index (χ4n) is 1.14. The summed E-state index contributed by atoms with van der Waals surface area (Å²) >= 11 is 0. The van der Waals surface area contributed by atoms with Gasteiger partial charge in [-0.15, -0.1) is 0 Å². The van der Waals surface area contributed by atoms with E-state index >= 15 is 0 Å². The first-order valence-electron chi connectivity index (χ1n) is 3.90. The van der Waals surface area contributed by atoms with Gasteiger partial charge in [-0.2, -0.15) is 5.10 Å². The molecule has 2 N–H and O–H groups in total. The highest BCUT2D eigenvalue weighted by atomic mass is 16.4. The number of hydrogen-bond acceptors (Lipinski definition) is 3. The van der Waals surface area contributed by atoms with Gasteiger partial charge < -0.3 is 10.2 Å². The van der Waals surface area contributed by atoms with Crippen LogP contribution in [0.4, 0.5) is 0 Å². The van der Waals surface area contributed by atoms with Crippen molar-refractivity contribution in [3.05, 3.63) is 17.5 Å². The number of aliphatic hydroxyl groups excluding tert-OH is 1. The van der Waals surface area contributed by atoms with Crippen LogP contribution < -0.4 is 0 Å². The van der Waals surface area contributed by atoms with Gasteiger partial charge in [0.05, 0.1) is 5.69 Å². The number of aliphatic hydroxyl groups is 1. The minimum atomic E-state index is -1.34. The van der Waals surface area contributed by atoms with Crippen LogP contribution in [0.3, 0.4) is 0 Å². The molecule has 0 aliphatic carbocycles. The Kier molecular flexibility index (Phi) is 2.67. The zero-order valence-electron chi connectivity index (χ0n) is 7.56. The van der Waals surface area contributed by atoms with Gasteiger partial charge in [0.15, 0.2) is 6.10 Å². The van der Waals surface area contributed by atoms with Crippen molar-refractivity contribution >= 4 is 5.97 Å². The summed E-state index contributed by atoms with van der Waals surface area (Å²) in [5, 5.41) is 21.6. The van der Waals surface area contributed by atoms with Gasteiger partial charge in [-0.05, 0) is 12.5 Å². The fourth-order valence-corrected chi connectivity index (χ4v) is 1.14. The molecule has 72 valence electrons. The lowest BCUT2D eigenvalue weighted by Crippen LogP contribution is -2.22. The van der Waals surface area contributed by atoms with Crippen LogP contribution in [-0.4, -0.2) is 32.1 Å². The number of hydrogen-bond donors (Lipinski definition) is 2. The number of carboxylic acids is 1. The van der Waals surface area contributed by atoms with E-state index in [-0.39, 0.29) is 6.42 Å². The third-order valence-electron chi connectivity index (χ3n) is 1.81. The minimum absolute atomic E-state index is 0.106. The number of aliphatic carboxylic acids is 1. The first-order chi connectivity index (χ1) is 6.00. The Labute approximate surface area is 75.6 Å². The molecule has 0 fully saturated rings. The van der Waals surface area contributed by atoms with Crippen LogP contribution in [0.5, 0.6) is 0 Å². The molecule has 5 nitrogen and oxygen atoms in total. The van der Waals surface area contributed by atoms with E-state index in [4.69, 9.17) is 10.2 Å². The number of nitrogens with zero attached hydrogens (tertiary/aromatic N) is 2. The molecule has 0 bridgehead atoms. The molecule has 13 heavy (non-hydrogen) atoms. The Bertz CT molecular complexity index is 319. The number of aryl methyl sites for hydroxylation is 2. The van der Waals surface area contributed by atoms with Crippen LogP contribution in [0.2, 0.25) is 0 Å². The lowest BCUT2D eigenvalue weighted by molar-refractivity contribution is -0.146. The summed E-state index contributed by atoms with van der Waals surface area (Å²) < 4.78 is 1.60. The molecular weight excluding hydrogens is 172 g/mol. The van der Waals surface area contributed by atoms with E-state index in [0.29, 0.717) is 0 Å². The highest BCUT2D eigenvalue weighted by Gasteiger charge is 2.16. The van der Waals surface area contributed by atoms with Crippen molar-refractivity contribution in [2.45, 2.75) is 19.4 Å². The second kappa shape index (κ2) is 3.57. The molecule has 5 heteroatoms. The van der Waals surface area contributed by atoms with Crippen LogP contribution in [-0.2, 0) is 18.3 Å². The quantitative estimate of drug-likeness (QED) is 0.677. The lowest BCUT2D eigenvalue weighted by atomic mass is 10.1. The zero-order valence-corrected chi connectivity index (χ0v) is 7.56. The third-order valence-corrected chi connectivity index (χ3v) is 1.81. The van der Waals surface area contributed by atoms with Gasteiger partial charge in [0, 0.05) is 19.7 Å². The zero-order chi connectivity index (χ0) is 10.0. The second-order valence-corrected chi connectivity index (χ2v) is 2.97. The SMILES string of the molecule is Cc1nn(C)cc1C[C@@H](O)C(=O)O. The molecule has 0 spiro atoms. The van der Waals surface area contributed by atoms with Crippen LogP contribution in [0, 0.1) is 6.92 Å². The maximum Gasteiger partial charge on any atom is 0.332 e. The van der Waals surface area contributed by atoms with Crippen LogP contribution in [0.1, 0.15) is 11.3 Å². The molecule has 1 atom stereocenters. The lowest BCUT2D eigenvalue weighted by Gasteiger charge is -2.02. The van der Waals surface area contributed by atoms with Gasteiger partial charge >= 0.3 is 5.97 Å². The standard InChI is InChI=1S/C8H12N2O3/c1-5-6(4-10(2)9-5)3-7(11)8(12)13/h4,7,11H,3H2,1-2H3,(H,12,13)/t7-/m1/s1. The molecule has 0 radical (unpaired) electrons. The normalized spacial score (nSPS) is 12.8. The summed E-state index contributed by atoms with van der Waals surface area (Å²) in [6, 6.07) is 0. The summed E-state index contributed by atoms with van der Waals surface area (Å²) in [4.78, 5) is 10.3. The topological polar surface area (TPSA) is 75.3 Å². The van der Waals surface area contributed by atoms with Crippen LogP contribution in [0.25, 0.3) is 0 Å². The maximum atomic E-state index is 10.3. The van der Waals surface area contributed by atoms with Crippen LogP contribution in [0.15, 0.2) is 6.20 Å². The van der Waals surface area contributed by atoms with Crippen molar-refractivity contribution in [2.24, 2.45) is 7.05 Å². The molecule has 1 aromatic rings. The number of aromatic nitrogens is 2. The molecular formula is C8H12N2O3. The van der Waals surface area contributed by atoms with Gasteiger partial charge in [0.25, 0.3) is 0 Å².